The van der Waals surface area contributed by atoms with E-state index in [1.165, 1.54) is 5.56 Å². The predicted molar refractivity (Wildman–Crippen MR) is 72.1 cm³/mol. The summed E-state index contributed by atoms with van der Waals surface area (Å²) in [7, 11) is 1.86. The van der Waals surface area contributed by atoms with Crippen molar-refractivity contribution in [2.75, 3.05) is 24.3 Å². The first-order chi connectivity index (χ1) is 8.86. The fourth-order valence-corrected chi connectivity index (χ4v) is 2.12. The van der Waals surface area contributed by atoms with Crippen LogP contribution in [0.25, 0.3) is 0 Å². The molecule has 0 aliphatic carbocycles. The molecule has 2 heterocycles. The first-order valence-electron chi connectivity index (χ1n) is 6.00. The minimum Gasteiger partial charge on any atom is -0.491 e. The van der Waals surface area contributed by atoms with Crippen LogP contribution >= 0.6 is 0 Å². The van der Waals surface area contributed by atoms with E-state index < -0.39 is 0 Å². The molecule has 4 nitrogen and oxygen atoms in total. The third kappa shape index (κ3) is 1.97. The maximum atomic E-state index is 5.63. The van der Waals surface area contributed by atoms with Crippen molar-refractivity contribution in [2.24, 2.45) is 0 Å². The molecular weight excluding hydrogens is 226 g/mol. The van der Waals surface area contributed by atoms with Crippen molar-refractivity contribution in [1.82, 2.24) is 4.98 Å². The van der Waals surface area contributed by atoms with E-state index in [0.717, 1.165) is 17.4 Å². The Bertz CT molecular complexity index is 556. The number of ether oxygens (including phenoxy) is 1. The molecule has 4 heteroatoms. The molecule has 2 N–H and O–H groups in total. The van der Waals surface area contributed by atoms with Gasteiger partial charge in [0.15, 0.2) is 0 Å². The lowest BCUT2D eigenvalue weighted by atomic mass is 10.1. The van der Waals surface area contributed by atoms with Crippen LogP contribution in [0, 0.1) is 0 Å². The molecule has 0 radical (unpaired) electrons. The van der Waals surface area contributed by atoms with Crippen molar-refractivity contribution >= 4 is 11.6 Å². The lowest BCUT2D eigenvalue weighted by Gasteiger charge is -2.13. The zero-order valence-electron chi connectivity index (χ0n) is 10.2. The Labute approximate surface area is 106 Å². The molecule has 0 spiro atoms. The lowest BCUT2D eigenvalue weighted by Crippen LogP contribution is -2.13. The maximum absolute atomic E-state index is 5.63. The van der Waals surface area contributed by atoms with E-state index in [1.807, 2.05) is 43.4 Å². The summed E-state index contributed by atoms with van der Waals surface area (Å²) in [5.74, 6) is 2.67. The Hall–Kier alpha value is -2.23. The van der Waals surface area contributed by atoms with E-state index in [9.17, 15) is 0 Å². The van der Waals surface area contributed by atoms with Crippen LogP contribution in [-0.2, 0) is 0 Å². The smallest absolute Gasteiger partial charge is 0.128 e. The van der Waals surface area contributed by atoms with E-state index in [1.54, 1.807) is 0 Å². The number of pyridine rings is 1. The Morgan fingerprint density at radius 2 is 1.94 bits per heavy atom. The average molecular weight is 241 g/mol. The number of fused-ring (bicyclic) bond motifs is 1. The summed E-state index contributed by atoms with van der Waals surface area (Å²) in [6.07, 6.45) is 0. The molecule has 1 aliphatic heterocycles. The number of anilines is 2. The summed E-state index contributed by atoms with van der Waals surface area (Å²) in [5, 5.41) is 6.42. The second kappa shape index (κ2) is 4.56. The van der Waals surface area contributed by atoms with Gasteiger partial charge < -0.3 is 15.4 Å². The molecule has 92 valence electrons. The van der Waals surface area contributed by atoms with Crippen LogP contribution in [-0.4, -0.2) is 18.6 Å². The fourth-order valence-electron chi connectivity index (χ4n) is 2.12. The van der Waals surface area contributed by atoms with Crippen LogP contribution in [0.5, 0.6) is 5.75 Å². The Morgan fingerprint density at radius 3 is 2.83 bits per heavy atom. The molecule has 1 aromatic heterocycles. The Morgan fingerprint density at radius 1 is 1.11 bits per heavy atom. The fraction of sp³-hybridized carbons (Fsp3) is 0.214. The zero-order chi connectivity index (χ0) is 12.4. The molecule has 1 aliphatic rings. The van der Waals surface area contributed by atoms with Crippen molar-refractivity contribution in [2.45, 2.75) is 6.04 Å². The van der Waals surface area contributed by atoms with Crippen molar-refractivity contribution < 1.29 is 4.74 Å². The Kier molecular flexibility index (Phi) is 2.76. The van der Waals surface area contributed by atoms with Gasteiger partial charge in [-0.2, -0.15) is 0 Å². The second-order valence-corrected chi connectivity index (χ2v) is 4.20. The van der Waals surface area contributed by atoms with Gasteiger partial charge in [-0.3, -0.25) is 0 Å². The first-order valence-corrected chi connectivity index (χ1v) is 6.00. The summed E-state index contributed by atoms with van der Waals surface area (Å²) < 4.78 is 5.63. The highest BCUT2D eigenvalue weighted by molar-refractivity contribution is 5.49. The van der Waals surface area contributed by atoms with E-state index in [0.29, 0.717) is 6.61 Å². The molecular formula is C14H15N3O. The summed E-state index contributed by atoms with van der Waals surface area (Å²) in [4.78, 5) is 4.45. The van der Waals surface area contributed by atoms with Gasteiger partial charge >= 0.3 is 0 Å². The predicted octanol–water partition coefficient (Wildman–Crippen LogP) is 2.67. The van der Waals surface area contributed by atoms with Crippen LogP contribution < -0.4 is 15.4 Å². The minimum absolute atomic E-state index is 0.167. The molecule has 0 bridgehead atoms. The van der Waals surface area contributed by atoms with Crippen molar-refractivity contribution in [3.05, 3.63) is 48.0 Å². The van der Waals surface area contributed by atoms with Crippen molar-refractivity contribution in [1.29, 1.82) is 0 Å². The molecule has 2 aromatic rings. The van der Waals surface area contributed by atoms with Crippen LogP contribution in [0.3, 0.4) is 0 Å². The van der Waals surface area contributed by atoms with Gasteiger partial charge in [0.2, 0.25) is 0 Å². The van der Waals surface area contributed by atoms with Crippen molar-refractivity contribution in [3.8, 4) is 5.75 Å². The molecule has 3 rings (SSSR count). The monoisotopic (exact) mass is 241 g/mol. The van der Waals surface area contributed by atoms with E-state index in [4.69, 9.17) is 4.74 Å². The number of para-hydroxylation sites is 1. The third-order valence-corrected chi connectivity index (χ3v) is 3.03. The van der Waals surface area contributed by atoms with Gasteiger partial charge in [-0.25, -0.2) is 4.98 Å². The highest BCUT2D eigenvalue weighted by Gasteiger charge is 2.23. The third-order valence-electron chi connectivity index (χ3n) is 3.03. The van der Waals surface area contributed by atoms with Gasteiger partial charge in [0.1, 0.15) is 24.0 Å². The van der Waals surface area contributed by atoms with Crippen LogP contribution in [0.1, 0.15) is 11.6 Å². The van der Waals surface area contributed by atoms with Gasteiger partial charge in [0.05, 0.1) is 6.04 Å². The SMILES string of the molecule is CNc1cccc(NC2COc3ccccc32)n1. The summed E-state index contributed by atoms with van der Waals surface area (Å²) in [5.41, 5.74) is 1.19. The summed E-state index contributed by atoms with van der Waals surface area (Å²) in [6, 6.07) is 14.1. The van der Waals surface area contributed by atoms with Gasteiger partial charge in [-0.1, -0.05) is 24.3 Å². The number of nitrogens with zero attached hydrogens (tertiary/aromatic N) is 1. The molecule has 18 heavy (non-hydrogen) atoms. The first kappa shape index (κ1) is 10.9. The number of nitrogens with one attached hydrogen (secondary N) is 2. The number of aromatic nitrogens is 1. The zero-order valence-corrected chi connectivity index (χ0v) is 10.2. The van der Waals surface area contributed by atoms with E-state index in [2.05, 4.69) is 21.7 Å². The number of benzene rings is 1. The molecule has 0 saturated carbocycles. The standard InChI is InChI=1S/C14H15N3O/c1-15-13-7-4-8-14(17-13)16-11-9-18-12-6-3-2-5-10(11)12/h2-8,11H,9H2,1H3,(H2,15,16,17). The lowest BCUT2D eigenvalue weighted by molar-refractivity contribution is 0.339. The molecule has 1 unspecified atom stereocenters. The van der Waals surface area contributed by atoms with Crippen LogP contribution in [0.15, 0.2) is 42.5 Å². The van der Waals surface area contributed by atoms with Gasteiger partial charge in [0.25, 0.3) is 0 Å². The number of hydrogen-bond donors (Lipinski definition) is 2. The average Bonchev–Trinajstić information content (AvgIpc) is 2.83. The van der Waals surface area contributed by atoms with Crippen LogP contribution in [0.4, 0.5) is 11.6 Å². The largest absolute Gasteiger partial charge is 0.491 e. The molecule has 0 fully saturated rings. The highest BCUT2D eigenvalue weighted by Crippen LogP contribution is 2.33. The Balaban J connectivity index is 1.82. The number of hydrogen-bond acceptors (Lipinski definition) is 4. The quantitative estimate of drug-likeness (QED) is 0.867. The highest BCUT2D eigenvalue weighted by atomic mass is 16.5. The van der Waals surface area contributed by atoms with E-state index in [-0.39, 0.29) is 6.04 Å². The number of rotatable bonds is 3. The van der Waals surface area contributed by atoms with E-state index >= 15 is 0 Å². The van der Waals surface area contributed by atoms with Crippen molar-refractivity contribution in [3.63, 3.8) is 0 Å². The van der Waals surface area contributed by atoms with Gasteiger partial charge in [0, 0.05) is 12.6 Å². The van der Waals surface area contributed by atoms with Crippen LogP contribution in [0.2, 0.25) is 0 Å². The van der Waals surface area contributed by atoms with Gasteiger partial charge in [-0.15, -0.1) is 0 Å². The topological polar surface area (TPSA) is 46.2 Å². The second-order valence-electron chi connectivity index (χ2n) is 4.20. The molecule has 1 atom stereocenters. The molecule has 1 aromatic carbocycles. The summed E-state index contributed by atoms with van der Waals surface area (Å²) in [6.45, 7) is 0.644. The maximum Gasteiger partial charge on any atom is 0.128 e. The molecule has 0 amide bonds. The summed E-state index contributed by atoms with van der Waals surface area (Å²) >= 11 is 0. The molecule has 0 saturated heterocycles. The normalized spacial score (nSPS) is 16.8. The van der Waals surface area contributed by atoms with Gasteiger partial charge in [-0.05, 0) is 18.2 Å². The minimum atomic E-state index is 0.167.